The maximum absolute atomic E-state index is 14.0. The number of benzene rings is 1. The molecule has 1 N–H and O–H groups in total. The zero-order chi connectivity index (χ0) is 16.0. The van der Waals surface area contributed by atoms with Gasteiger partial charge in [-0.05, 0) is 38.1 Å². The van der Waals surface area contributed by atoms with Gasteiger partial charge in [0.15, 0.2) is 0 Å². The first kappa shape index (κ1) is 18.1. The fourth-order valence-corrected chi connectivity index (χ4v) is 3.98. The minimum atomic E-state index is -3.65. The summed E-state index contributed by atoms with van der Waals surface area (Å²) in [5.41, 5.74) is 0.815. The molecule has 0 heterocycles. The number of sulfonamides is 1. The molecule has 0 aliphatic heterocycles. The zero-order valence-electron chi connectivity index (χ0n) is 13.2. The van der Waals surface area contributed by atoms with E-state index in [9.17, 15) is 12.8 Å². The number of rotatable bonds is 8. The molecule has 0 saturated carbocycles. The van der Waals surface area contributed by atoms with Crippen LogP contribution in [0.1, 0.15) is 37.8 Å². The van der Waals surface area contributed by atoms with Crippen LogP contribution in [0.25, 0.3) is 0 Å². The second kappa shape index (κ2) is 7.87. The van der Waals surface area contributed by atoms with E-state index in [0.29, 0.717) is 25.2 Å². The molecule has 0 aliphatic carbocycles. The normalized spacial score (nSPS) is 12.1. The first-order chi connectivity index (χ1) is 9.88. The standard InChI is InChI=1S/C15H25FN2O2S/c1-5-7-8-18(6-2)21(19,20)15-10-13(11-17-4)9-14(16)12(15)3/h9-10,17H,5-8,11H2,1-4H3. The molecule has 6 heteroatoms. The fraction of sp³-hybridized carbons (Fsp3) is 0.600. The molecule has 1 aromatic rings. The maximum Gasteiger partial charge on any atom is 0.243 e. The second-order valence-electron chi connectivity index (χ2n) is 5.08. The van der Waals surface area contributed by atoms with E-state index >= 15 is 0 Å². The monoisotopic (exact) mass is 316 g/mol. The van der Waals surface area contributed by atoms with Crippen molar-refractivity contribution >= 4 is 10.0 Å². The molecule has 21 heavy (non-hydrogen) atoms. The molecule has 0 radical (unpaired) electrons. The summed E-state index contributed by atoms with van der Waals surface area (Å²) < 4.78 is 40.9. The Morgan fingerprint density at radius 1 is 1.29 bits per heavy atom. The van der Waals surface area contributed by atoms with Crippen LogP contribution in [-0.2, 0) is 16.6 Å². The minimum Gasteiger partial charge on any atom is -0.316 e. The van der Waals surface area contributed by atoms with E-state index in [-0.39, 0.29) is 10.5 Å². The van der Waals surface area contributed by atoms with E-state index < -0.39 is 15.8 Å². The summed E-state index contributed by atoms with van der Waals surface area (Å²) in [6, 6.07) is 2.95. The first-order valence-corrected chi connectivity index (χ1v) is 8.76. The Kier molecular flexibility index (Phi) is 6.77. The van der Waals surface area contributed by atoms with Crippen molar-refractivity contribution in [3.8, 4) is 0 Å². The summed E-state index contributed by atoms with van der Waals surface area (Å²) in [6.45, 7) is 6.61. The molecule has 0 bridgehead atoms. The lowest BCUT2D eigenvalue weighted by atomic mass is 10.1. The molecule has 0 aliphatic rings. The van der Waals surface area contributed by atoms with E-state index in [0.717, 1.165) is 12.8 Å². The van der Waals surface area contributed by atoms with E-state index in [1.165, 1.54) is 17.3 Å². The van der Waals surface area contributed by atoms with Crippen LogP contribution >= 0.6 is 0 Å². The molecule has 0 saturated heterocycles. The Balaban J connectivity index is 3.28. The van der Waals surface area contributed by atoms with Crippen molar-refractivity contribution in [1.29, 1.82) is 0 Å². The molecule has 0 aromatic heterocycles. The Morgan fingerprint density at radius 3 is 2.48 bits per heavy atom. The van der Waals surface area contributed by atoms with Gasteiger partial charge in [0.2, 0.25) is 10.0 Å². The van der Waals surface area contributed by atoms with Gasteiger partial charge in [0.25, 0.3) is 0 Å². The van der Waals surface area contributed by atoms with E-state index in [1.54, 1.807) is 20.0 Å². The number of nitrogens with one attached hydrogen (secondary N) is 1. The number of hydrogen-bond acceptors (Lipinski definition) is 3. The Bertz CT molecular complexity index is 573. The maximum atomic E-state index is 14.0. The van der Waals surface area contributed by atoms with Gasteiger partial charge in [0, 0.05) is 25.2 Å². The Morgan fingerprint density at radius 2 is 1.95 bits per heavy atom. The summed E-state index contributed by atoms with van der Waals surface area (Å²) in [4.78, 5) is 0.0747. The summed E-state index contributed by atoms with van der Waals surface area (Å²) in [5.74, 6) is -0.479. The van der Waals surface area contributed by atoms with Crippen molar-refractivity contribution in [3.63, 3.8) is 0 Å². The smallest absolute Gasteiger partial charge is 0.243 e. The molecule has 0 spiro atoms. The average molecular weight is 316 g/mol. The van der Waals surface area contributed by atoms with Gasteiger partial charge in [-0.3, -0.25) is 0 Å². The molecule has 1 rings (SSSR count). The molecular formula is C15H25FN2O2S. The van der Waals surface area contributed by atoms with Gasteiger partial charge in [0.05, 0.1) is 4.90 Å². The molecular weight excluding hydrogens is 291 g/mol. The second-order valence-corrected chi connectivity index (χ2v) is 6.99. The lowest BCUT2D eigenvalue weighted by molar-refractivity contribution is 0.418. The van der Waals surface area contributed by atoms with Gasteiger partial charge >= 0.3 is 0 Å². The zero-order valence-corrected chi connectivity index (χ0v) is 14.1. The van der Waals surface area contributed by atoms with Crippen LogP contribution in [-0.4, -0.2) is 32.9 Å². The van der Waals surface area contributed by atoms with Gasteiger partial charge in [0.1, 0.15) is 5.82 Å². The van der Waals surface area contributed by atoms with E-state index in [4.69, 9.17) is 0 Å². The summed E-state index contributed by atoms with van der Waals surface area (Å²) in [7, 11) is -1.91. The highest BCUT2D eigenvalue weighted by atomic mass is 32.2. The van der Waals surface area contributed by atoms with Crippen LogP contribution in [0.2, 0.25) is 0 Å². The molecule has 120 valence electrons. The molecule has 0 amide bonds. The van der Waals surface area contributed by atoms with Crippen LogP contribution < -0.4 is 5.32 Å². The van der Waals surface area contributed by atoms with Crippen LogP contribution in [0.3, 0.4) is 0 Å². The van der Waals surface area contributed by atoms with Gasteiger partial charge in [-0.25, -0.2) is 12.8 Å². The Hall–Kier alpha value is -0.980. The number of halogens is 1. The molecule has 4 nitrogen and oxygen atoms in total. The Labute approximate surface area is 127 Å². The molecule has 1 aromatic carbocycles. The van der Waals surface area contributed by atoms with Gasteiger partial charge in [-0.15, -0.1) is 0 Å². The van der Waals surface area contributed by atoms with Crippen molar-refractivity contribution in [2.24, 2.45) is 0 Å². The van der Waals surface area contributed by atoms with E-state index in [2.05, 4.69) is 5.32 Å². The first-order valence-electron chi connectivity index (χ1n) is 7.32. The van der Waals surface area contributed by atoms with Gasteiger partial charge in [-0.1, -0.05) is 20.3 Å². The number of unbranched alkanes of at least 4 members (excludes halogenated alkanes) is 1. The molecule has 0 fully saturated rings. The lowest BCUT2D eigenvalue weighted by Crippen LogP contribution is -2.32. The third-order valence-corrected chi connectivity index (χ3v) is 5.57. The largest absolute Gasteiger partial charge is 0.316 e. The quantitative estimate of drug-likeness (QED) is 0.802. The molecule has 0 atom stereocenters. The van der Waals surface area contributed by atoms with Crippen molar-refractivity contribution in [3.05, 3.63) is 29.1 Å². The summed E-state index contributed by atoms with van der Waals surface area (Å²) >= 11 is 0. The van der Waals surface area contributed by atoms with Crippen molar-refractivity contribution < 1.29 is 12.8 Å². The van der Waals surface area contributed by atoms with E-state index in [1.807, 2.05) is 6.92 Å². The predicted octanol–water partition coefficient (Wildman–Crippen LogP) is 2.66. The van der Waals surface area contributed by atoms with Crippen LogP contribution in [0, 0.1) is 12.7 Å². The highest BCUT2D eigenvalue weighted by molar-refractivity contribution is 7.89. The topological polar surface area (TPSA) is 49.4 Å². The predicted molar refractivity (Wildman–Crippen MR) is 83.2 cm³/mol. The van der Waals surface area contributed by atoms with Gasteiger partial charge < -0.3 is 5.32 Å². The number of hydrogen-bond donors (Lipinski definition) is 1. The van der Waals surface area contributed by atoms with Crippen LogP contribution in [0.15, 0.2) is 17.0 Å². The van der Waals surface area contributed by atoms with Crippen LogP contribution in [0.5, 0.6) is 0 Å². The van der Waals surface area contributed by atoms with Crippen LogP contribution in [0.4, 0.5) is 4.39 Å². The average Bonchev–Trinajstić information content (AvgIpc) is 2.43. The third kappa shape index (κ3) is 4.25. The SMILES string of the molecule is CCCCN(CC)S(=O)(=O)c1cc(CNC)cc(F)c1C. The van der Waals surface area contributed by atoms with Crippen molar-refractivity contribution in [2.75, 3.05) is 20.1 Å². The lowest BCUT2D eigenvalue weighted by Gasteiger charge is -2.22. The highest BCUT2D eigenvalue weighted by Crippen LogP contribution is 2.24. The summed E-state index contributed by atoms with van der Waals surface area (Å²) in [6.07, 6.45) is 1.71. The number of nitrogens with zero attached hydrogens (tertiary/aromatic N) is 1. The van der Waals surface area contributed by atoms with Gasteiger partial charge in [-0.2, -0.15) is 4.31 Å². The highest BCUT2D eigenvalue weighted by Gasteiger charge is 2.26. The minimum absolute atomic E-state index is 0.0747. The molecule has 0 unspecified atom stereocenters. The fourth-order valence-electron chi connectivity index (χ4n) is 2.20. The van der Waals surface area contributed by atoms with Crippen molar-refractivity contribution in [1.82, 2.24) is 9.62 Å². The third-order valence-electron chi connectivity index (χ3n) is 3.47. The summed E-state index contributed by atoms with van der Waals surface area (Å²) in [5, 5.41) is 2.91. The van der Waals surface area contributed by atoms with Crippen molar-refractivity contribution in [2.45, 2.75) is 45.1 Å².